The van der Waals surface area contributed by atoms with Crippen LogP contribution in [0.15, 0.2) is 48.9 Å². The van der Waals surface area contributed by atoms with Gasteiger partial charge >= 0.3 is 6.09 Å². The van der Waals surface area contributed by atoms with E-state index in [0.29, 0.717) is 31.1 Å². The Morgan fingerprint density at radius 2 is 2.12 bits per heavy atom. The zero-order valence-corrected chi connectivity index (χ0v) is 12.9. The molecule has 0 bridgehead atoms. The lowest BCUT2D eigenvalue weighted by Crippen LogP contribution is -2.23. The maximum atomic E-state index is 11.9. The summed E-state index contributed by atoms with van der Waals surface area (Å²) in [6.07, 6.45) is 7.41. The number of ether oxygens (including phenoxy) is 1. The summed E-state index contributed by atoms with van der Waals surface area (Å²) in [5, 5.41) is 2.76. The van der Waals surface area contributed by atoms with E-state index in [1.165, 1.54) is 6.08 Å². The average Bonchev–Trinajstić information content (AvgIpc) is 3.01. The van der Waals surface area contributed by atoms with Gasteiger partial charge in [0.15, 0.2) is 0 Å². The van der Waals surface area contributed by atoms with Gasteiger partial charge in [0.2, 0.25) is 5.91 Å². The zero-order chi connectivity index (χ0) is 16.8. The fourth-order valence-corrected chi connectivity index (χ4v) is 2.22. The van der Waals surface area contributed by atoms with Gasteiger partial charge in [-0.1, -0.05) is 12.1 Å². The maximum Gasteiger partial charge on any atom is 0.410 e. The van der Waals surface area contributed by atoms with Gasteiger partial charge in [-0.15, -0.1) is 0 Å². The quantitative estimate of drug-likeness (QED) is 0.851. The zero-order valence-electron chi connectivity index (χ0n) is 12.9. The normalized spacial score (nSPS) is 14.0. The third-order valence-electron chi connectivity index (χ3n) is 3.43. The van der Waals surface area contributed by atoms with Crippen LogP contribution >= 0.6 is 0 Å². The molecule has 0 unspecified atom stereocenters. The number of anilines is 1. The van der Waals surface area contributed by atoms with Crippen molar-refractivity contribution in [3.05, 3.63) is 60.2 Å². The summed E-state index contributed by atoms with van der Waals surface area (Å²) < 4.78 is 4.89. The number of hydrogen-bond donors (Lipinski definition) is 1. The van der Waals surface area contributed by atoms with Crippen molar-refractivity contribution >= 4 is 23.8 Å². The van der Waals surface area contributed by atoms with Gasteiger partial charge in [0, 0.05) is 30.7 Å². The van der Waals surface area contributed by atoms with E-state index < -0.39 is 0 Å². The summed E-state index contributed by atoms with van der Waals surface area (Å²) in [6.45, 7) is 1.54. The summed E-state index contributed by atoms with van der Waals surface area (Å²) >= 11 is 0. The first-order valence-electron chi connectivity index (χ1n) is 7.46. The van der Waals surface area contributed by atoms with E-state index in [1.54, 1.807) is 41.7 Å². The minimum atomic E-state index is -0.290. The van der Waals surface area contributed by atoms with Crippen LogP contribution in [0.3, 0.4) is 0 Å². The van der Waals surface area contributed by atoms with Gasteiger partial charge in [0.25, 0.3) is 0 Å². The van der Waals surface area contributed by atoms with Gasteiger partial charge in [-0.2, -0.15) is 0 Å². The SMILES string of the molecule is O=C(C=Cc1cnccn1)Nc1ccc(CN2CCOC2=O)cc1. The predicted octanol–water partition coefficient (Wildman–Crippen LogP) is 2.08. The number of cyclic esters (lactones) is 1. The monoisotopic (exact) mass is 324 g/mol. The highest BCUT2D eigenvalue weighted by molar-refractivity contribution is 6.01. The van der Waals surface area contributed by atoms with Crippen molar-refractivity contribution in [3.63, 3.8) is 0 Å². The van der Waals surface area contributed by atoms with E-state index >= 15 is 0 Å². The van der Waals surface area contributed by atoms with E-state index in [0.717, 1.165) is 5.56 Å². The second kappa shape index (κ2) is 7.36. The molecule has 0 radical (unpaired) electrons. The van der Waals surface area contributed by atoms with Crippen LogP contribution in [0.2, 0.25) is 0 Å². The Bertz CT molecular complexity index is 744. The molecule has 3 rings (SSSR count). The molecule has 1 aliphatic rings. The van der Waals surface area contributed by atoms with Gasteiger partial charge in [0.05, 0.1) is 18.4 Å². The number of carbonyl (C=O) groups excluding carboxylic acids is 2. The Labute approximate surface area is 139 Å². The van der Waals surface area contributed by atoms with Gasteiger partial charge in [-0.05, 0) is 23.8 Å². The molecule has 1 N–H and O–H groups in total. The van der Waals surface area contributed by atoms with Gasteiger partial charge < -0.3 is 15.0 Å². The Morgan fingerprint density at radius 1 is 1.29 bits per heavy atom. The molecule has 0 atom stereocenters. The molecule has 24 heavy (non-hydrogen) atoms. The highest BCUT2D eigenvalue weighted by atomic mass is 16.6. The molecule has 0 saturated carbocycles. The van der Waals surface area contributed by atoms with E-state index in [-0.39, 0.29) is 12.0 Å². The summed E-state index contributed by atoms with van der Waals surface area (Å²) in [5.74, 6) is -0.253. The first-order valence-corrected chi connectivity index (χ1v) is 7.46. The summed E-state index contributed by atoms with van der Waals surface area (Å²) in [4.78, 5) is 32.9. The average molecular weight is 324 g/mol. The molecule has 1 aromatic carbocycles. The molecule has 7 nitrogen and oxygen atoms in total. The van der Waals surface area contributed by atoms with Crippen LogP contribution in [0.1, 0.15) is 11.3 Å². The lowest BCUT2D eigenvalue weighted by atomic mass is 10.2. The number of carbonyl (C=O) groups is 2. The van der Waals surface area contributed by atoms with Gasteiger partial charge in [-0.3, -0.25) is 14.8 Å². The minimum Gasteiger partial charge on any atom is -0.448 e. The Kier molecular flexibility index (Phi) is 4.81. The topological polar surface area (TPSA) is 84.4 Å². The van der Waals surface area contributed by atoms with Crippen molar-refractivity contribution in [2.24, 2.45) is 0 Å². The number of amides is 2. The number of benzene rings is 1. The molecule has 1 aromatic heterocycles. The van der Waals surface area contributed by atoms with Crippen LogP contribution in [0.25, 0.3) is 6.08 Å². The minimum absolute atomic E-state index is 0.253. The van der Waals surface area contributed by atoms with Crippen LogP contribution < -0.4 is 5.32 Å². The molecule has 1 aliphatic heterocycles. The summed E-state index contributed by atoms with van der Waals surface area (Å²) in [5.41, 5.74) is 2.26. The maximum absolute atomic E-state index is 11.9. The van der Waals surface area contributed by atoms with Gasteiger partial charge in [-0.25, -0.2) is 4.79 Å². The molecule has 122 valence electrons. The largest absolute Gasteiger partial charge is 0.448 e. The second-order valence-corrected chi connectivity index (χ2v) is 5.19. The highest BCUT2D eigenvalue weighted by Gasteiger charge is 2.21. The third kappa shape index (κ3) is 4.16. The lowest BCUT2D eigenvalue weighted by molar-refractivity contribution is -0.111. The van der Waals surface area contributed by atoms with E-state index in [1.807, 2.05) is 12.1 Å². The van der Waals surface area contributed by atoms with Crippen molar-refractivity contribution in [2.45, 2.75) is 6.54 Å². The molecule has 2 aromatic rings. The number of rotatable bonds is 5. The molecule has 0 spiro atoms. The summed E-state index contributed by atoms with van der Waals surface area (Å²) in [6, 6.07) is 7.33. The molecule has 2 amide bonds. The Balaban J connectivity index is 1.54. The standard InChI is InChI=1S/C17H16N4O3/c22-16(6-5-15-11-18-7-8-19-15)20-14-3-1-13(2-4-14)12-21-9-10-24-17(21)23/h1-8,11H,9-10,12H2,(H,20,22). The van der Waals surface area contributed by atoms with E-state index in [2.05, 4.69) is 15.3 Å². The van der Waals surface area contributed by atoms with Crippen molar-refractivity contribution in [1.29, 1.82) is 0 Å². The Morgan fingerprint density at radius 3 is 2.79 bits per heavy atom. The third-order valence-corrected chi connectivity index (χ3v) is 3.43. The van der Waals surface area contributed by atoms with Crippen molar-refractivity contribution in [1.82, 2.24) is 14.9 Å². The van der Waals surface area contributed by atoms with Crippen LogP contribution in [-0.2, 0) is 16.1 Å². The highest BCUT2D eigenvalue weighted by Crippen LogP contribution is 2.14. The molecule has 1 saturated heterocycles. The van der Waals surface area contributed by atoms with Crippen molar-refractivity contribution < 1.29 is 14.3 Å². The van der Waals surface area contributed by atoms with E-state index in [4.69, 9.17) is 4.74 Å². The number of nitrogens with one attached hydrogen (secondary N) is 1. The van der Waals surface area contributed by atoms with Gasteiger partial charge in [0.1, 0.15) is 6.61 Å². The van der Waals surface area contributed by atoms with Crippen LogP contribution in [0.5, 0.6) is 0 Å². The number of nitrogens with zero attached hydrogens (tertiary/aromatic N) is 3. The molecular formula is C17H16N4O3. The molecular weight excluding hydrogens is 308 g/mol. The fourth-order valence-electron chi connectivity index (χ4n) is 2.22. The van der Waals surface area contributed by atoms with Crippen LogP contribution in [0, 0.1) is 0 Å². The van der Waals surface area contributed by atoms with E-state index in [9.17, 15) is 9.59 Å². The van der Waals surface area contributed by atoms with Crippen LogP contribution in [-0.4, -0.2) is 40.0 Å². The molecule has 1 fully saturated rings. The molecule has 2 heterocycles. The Hall–Kier alpha value is -3.22. The number of hydrogen-bond acceptors (Lipinski definition) is 5. The smallest absolute Gasteiger partial charge is 0.410 e. The fraction of sp³-hybridized carbons (Fsp3) is 0.176. The first kappa shape index (κ1) is 15.7. The molecule has 0 aliphatic carbocycles. The second-order valence-electron chi connectivity index (χ2n) is 5.19. The van der Waals surface area contributed by atoms with Crippen molar-refractivity contribution in [3.8, 4) is 0 Å². The number of aromatic nitrogens is 2. The predicted molar refractivity (Wildman–Crippen MR) is 87.9 cm³/mol. The lowest BCUT2D eigenvalue weighted by Gasteiger charge is -2.12. The van der Waals surface area contributed by atoms with Crippen molar-refractivity contribution in [2.75, 3.05) is 18.5 Å². The van der Waals surface area contributed by atoms with Crippen LogP contribution in [0.4, 0.5) is 10.5 Å². The summed E-state index contributed by atoms with van der Waals surface area (Å²) in [7, 11) is 0. The molecule has 7 heteroatoms. The first-order chi connectivity index (χ1) is 11.7.